The Morgan fingerprint density at radius 2 is 1.49 bits per heavy atom. The predicted octanol–water partition coefficient (Wildman–Crippen LogP) is 8.27. The monoisotopic (exact) mass is 480 g/mol. The first-order chi connectivity index (χ1) is 16.9. The number of hydrogen-bond donors (Lipinski definition) is 2. The van der Waals surface area contributed by atoms with Crippen molar-refractivity contribution < 1.29 is 13.2 Å². The molecule has 1 saturated carbocycles. The molecule has 0 spiro atoms. The first-order valence-electron chi connectivity index (χ1n) is 12.8. The second-order valence-electron chi connectivity index (χ2n) is 9.72. The van der Waals surface area contributed by atoms with Crippen LogP contribution in [0, 0.1) is 23.4 Å². The Morgan fingerprint density at radius 1 is 0.829 bits per heavy atom. The molecular weight excluding hydrogens is 445 g/mol. The molecule has 1 aliphatic carbocycles. The number of halogens is 3. The third-order valence-corrected chi connectivity index (χ3v) is 7.47. The highest BCUT2D eigenvalue weighted by Crippen LogP contribution is 2.38. The van der Waals surface area contributed by atoms with Gasteiger partial charge in [-0.1, -0.05) is 50.2 Å². The van der Waals surface area contributed by atoms with Crippen LogP contribution in [0.4, 0.5) is 18.9 Å². The van der Waals surface area contributed by atoms with E-state index in [9.17, 15) is 8.78 Å². The van der Waals surface area contributed by atoms with E-state index in [2.05, 4.69) is 24.4 Å². The van der Waals surface area contributed by atoms with Crippen LogP contribution >= 0.6 is 0 Å². The minimum absolute atomic E-state index is 0.0471. The SMILES string of the molecule is CCCNc1ccc(-c2ccc(-c3ccc(C4CCC(C(N)CC)CC4)cc3)cc2F)c(F)c1F. The smallest absolute Gasteiger partial charge is 0.182 e. The summed E-state index contributed by atoms with van der Waals surface area (Å²) in [6.45, 7) is 4.63. The minimum atomic E-state index is -1.04. The van der Waals surface area contributed by atoms with Gasteiger partial charge in [-0.05, 0) is 85.3 Å². The Labute approximate surface area is 206 Å². The summed E-state index contributed by atoms with van der Waals surface area (Å²) in [4.78, 5) is 0. The van der Waals surface area contributed by atoms with Gasteiger partial charge in [0.25, 0.3) is 0 Å². The Bertz CT molecular complexity index is 1140. The first-order valence-corrected chi connectivity index (χ1v) is 12.8. The molecule has 1 unspecified atom stereocenters. The lowest BCUT2D eigenvalue weighted by molar-refractivity contribution is 0.277. The molecule has 4 rings (SSSR count). The minimum Gasteiger partial charge on any atom is -0.383 e. The van der Waals surface area contributed by atoms with Gasteiger partial charge in [-0.15, -0.1) is 0 Å². The first kappa shape index (κ1) is 25.3. The summed E-state index contributed by atoms with van der Waals surface area (Å²) in [6, 6.07) is 16.1. The Morgan fingerprint density at radius 3 is 2.11 bits per heavy atom. The predicted molar refractivity (Wildman–Crippen MR) is 139 cm³/mol. The van der Waals surface area contributed by atoms with E-state index >= 15 is 4.39 Å². The maximum atomic E-state index is 15.0. The van der Waals surface area contributed by atoms with Crippen molar-refractivity contribution in [3.8, 4) is 22.3 Å². The molecule has 3 aromatic rings. The molecule has 1 atom stereocenters. The lowest BCUT2D eigenvalue weighted by Gasteiger charge is -2.32. The lowest BCUT2D eigenvalue weighted by atomic mass is 9.75. The van der Waals surface area contributed by atoms with Crippen LogP contribution in [-0.4, -0.2) is 12.6 Å². The fourth-order valence-electron chi connectivity index (χ4n) is 5.23. The van der Waals surface area contributed by atoms with Gasteiger partial charge in [0.05, 0.1) is 5.69 Å². The molecule has 1 aliphatic rings. The standard InChI is InChI=1S/C30H35F3N2/c1-3-17-35-28-16-15-25(29(32)30(28)33)24-14-13-23(18-26(24)31)21-7-5-19(6-8-21)20-9-11-22(12-10-20)27(34)4-2/h5-8,13-16,18,20,22,27,35H,3-4,9-12,17,34H2,1-2H3. The fourth-order valence-corrected chi connectivity index (χ4v) is 5.23. The van der Waals surface area contributed by atoms with Gasteiger partial charge in [0.2, 0.25) is 0 Å². The molecule has 1 fully saturated rings. The van der Waals surface area contributed by atoms with Crippen molar-refractivity contribution in [3.05, 3.63) is 77.6 Å². The maximum absolute atomic E-state index is 15.0. The van der Waals surface area contributed by atoms with E-state index in [1.807, 2.05) is 19.1 Å². The van der Waals surface area contributed by atoms with Gasteiger partial charge in [-0.3, -0.25) is 0 Å². The van der Waals surface area contributed by atoms with Crippen LogP contribution in [0.3, 0.4) is 0 Å². The second-order valence-corrected chi connectivity index (χ2v) is 9.72. The molecule has 35 heavy (non-hydrogen) atoms. The molecule has 186 valence electrons. The van der Waals surface area contributed by atoms with Gasteiger partial charge in [0.15, 0.2) is 11.6 Å². The summed E-state index contributed by atoms with van der Waals surface area (Å²) in [5.74, 6) is -1.45. The molecule has 0 amide bonds. The summed E-state index contributed by atoms with van der Waals surface area (Å²) in [5.41, 5.74) is 9.21. The molecular formula is C30H35F3N2. The number of rotatable bonds is 8. The van der Waals surface area contributed by atoms with Crippen molar-refractivity contribution in [2.24, 2.45) is 11.7 Å². The normalized spacial score (nSPS) is 18.9. The molecule has 0 aliphatic heterocycles. The van der Waals surface area contributed by atoms with E-state index in [1.165, 1.54) is 42.7 Å². The fraction of sp³-hybridized carbons (Fsp3) is 0.400. The number of nitrogens with two attached hydrogens (primary N) is 1. The maximum Gasteiger partial charge on any atom is 0.182 e. The van der Waals surface area contributed by atoms with Gasteiger partial charge >= 0.3 is 0 Å². The van der Waals surface area contributed by atoms with Crippen LogP contribution in [0.25, 0.3) is 22.3 Å². The lowest BCUT2D eigenvalue weighted by Crippen LogP contribution is -2.32. The number of hydrogen-bond acceptors (Lipinski definition) is 2. The average molecular weight is 481 g/mol. The zero-order chi connectivity index (χ0) is 24.9. The Kier molecular flexibility index (Phi) is 8.17. The molecule has 3 N–H and O–H groups in total. The number of nitrogens with one attached hydrogen (secondary N) is 1. The van der Waals surface area contributed by atoms with E-state index in [-0.39, 0.29) is 16.8 Å². The molecule has 0 heterocycles. The highest BCUT2D eigenvalue weighted by molar-refractivity contribution is 5.73. The van der Waals surface area contributed by atoms with Crippen LogP contribution < -0.4 is 11.1 Å². The highest BCUT2D eigenvalue weighted by atomic mass is 19.2. The largest absolute Gasteiger partial charge is 0.383 e. The van der Waals surface area contributed by atoms with E-state index in [0.29, 0.717) is 30.0 Å². The van der Waals surface area contributed by atoms with Crippen molar-refractivity contribution in [1.82, 2.24) is 0 Å². The van der Waals surface area contributed by atoms with Crippen molar-refractivity contribution in [2.75, 3.05) is 11.9 Å². The van der Waals surface area contributed by atoms with Crippen molar-refractivity contribution in [2.45, 2.75) is 64.3 Å². The summed E-state index contributed by atoms with van der Waals surface area (Å²) in [5, 5.41) is 2.85. The molecule has 5 heteroatoms. The van der Waals surface area contributed by atoms with Gasteiger partial charge in [-0.2, -0.15) is 0 Å². The van der Waals surface area contributed by atoms with Crippen LogP contribution in [0.5, 0.6) is 0 Å². The van der Waals surface area contributed by atoms with Gasteiger partial charge in [-0.25, -0.2) is 13.2 Å². The second kappa shape index (κ2) is 11.3. The quantitative estimate of drug-likeness (QED) is 0.340. The third-order valence-electron chi connectivity index (χ3n) is 7.47. The van der Waals surface area contributed by atoms with Crippen molar-refractivity contribution in [1.29, 1.82) is 0 Å². The average Bonchev–Trinajstić information content (AvgIpc) is 2.89. The van der Waals surface area contributed by atoms with E-state index < -0.39 is 17.5 Å². The summed E-state index contributed by atoms with van der Waals surface area (Å²) < 4.78 is 44.2. The molecule has 0 bridgehead atoms. The number of benzene rings is 3. The van der Waals surface area contributed by atoms with Crippen LogP contribution in [0.15, 0.2) is 54.6 Å². The van der Waals surface area contributed by atoms with Crippen LogP contribution in [0.2, 0.25) is 0 Å². The molecule has 2 nitrogen and oxygen atoms in total. The highest BCUT2D eigenvalue weighted by Gasteiger charge is 2.25. The van der Waals surface area contributed by atoms with Gasteiger partial charge < -0.3 is 11.1 Å². The topological polar surface area (TPSA) is 38.0 Å². The molecule has 0 aromatic heterocycles. The zero-order valence-corrected chi connectivity index (χ0v) is 20.6. The van der Waals surface area contributed by atoms with Crippen LogP contribution in [-0.2, 0) is 0 Å². The molecule has 0 radical (unpaired) electrons. The van der Waals surface area contributed by atoms with E-state index in [0.717, 1.165) is 31.2 Å². The van der Waals surface area contributed by atoms with E-state index in [1.54, 1.807) is 6.07 Å². The molecule has 3 aromatic carbocycles. The summed E-state index contributed by atoms with van der Waals surface area (Å²) >= 11 is 0. The van der Waals surface area contributed by atoms with E-state index in [4.69, 9.17) is 5.73 Å². The van der Waals surface area contributed by atoms with Crippen molar-refractivity contribution >= 4 is 5.69 Å². The van der Waals surface area contributed by atoms with Gasteiger partial charge in [0.1, 0.15) is 5.82 Å². The summed E-state index contributed by atoms with van der Waals surface area (Å²) in [6.07, 6.45) is 6.45. The molecule has 0 saturated heterocycles. The Hall–Kier alpha value is -2.79. The Balaban J connectivity index is 1.49. The number of anilines is 1. The zero-order valence-electron chi connectivity index (χ0n) is 20.6. The summed E-state index contributed by atoms with van der Waals surface area (Å²) in [7, 11) is 0. The van der Waals surface area contributed by atoms with Gasteiger partial charge in [0, 0.05) is 23.7 Å². The van der Waals surface area contributed by atoms with Crippen LogP contribution in [0.1, 0.15) is 63.9 Å². The van der Waals surface area contributed by atoms with Crippen molar-refractivity contribution in [3.63, 3.8) is 0 Å². The third kappa shape index (κ3) is 5.56.